The predicted molar refractivity (Wildman–Crippen MR) is 158 cm³/mol. The zero-order valence-electron chi connectivity index (χ0n) is 25.2. The second kappa shape index (κ2) is 26.2. The summed E-state index contributed by atoms with van der Waals surface area (Å²) in [5.41, 5.74) is 0. The Balaban J connectivity index is 4.35. The zero-order valence-corrected chi connectivity index (χ0v) is 26.0. The van der Waals surface area contributed by atoms with Gasteiger partial charge in [0.25, 0.3) is 10.1 Å². The van der Waals surface area contributed by atoms with Gasteiger partial charge < -0.3 is 14.6 Å². The highest BCUT2D eigenvalue weighted by Crippen LogP contribution is 2.13. The van der Waals surface area contributed by atoms with Crippen molar-refractivity contribution < 1.29 is 37.1 Å². The average Bonchev–Trinajstić information content (AvgIpc) is 2.88. The molecule has 0 spiro atoms. The van der Waals surface area contributed by atoms with Crippen molar-refractivity contribution in [2.24, 2.45) is 4.99 Å². The molecule has 0 radical (unpaired) electrons. The van der Waals surface area contributed by atoms with Gasteiger partial charge >= 0.3 is 11.9 Å². The van der Waals surface area contributed by atoms with Crippen LogP contribution in [0.3, 0.4) is 0 Å². The first-order chi connectivity index (χ1) is 19.2. The maximum atomic E-state index is 12.5. The molecule has 1 N–H and O–H groups in total. The number of unbranched alkanes of at least 4 members (excludes halogenated alkanes) is 18. The summed E-state index contributed by atoms with van der Waals surface area (Å²) in [6.07, 6.45) is 22.2. The standard InChI is InChI=1S/C30H57NO8S/c1-3-5-7-9-11-13-15-17-19-21-23-38-29(33)25-27(31-28(32)26-40(35,36)37)30(34)39-24-22-20-18-16-14-12-10-8-6-4-2/h27H,3-26H2,1-2H3,(H,31,32)(H,35,36,37)/p-1/t27-/m0/s1. The van der Waals surface area contributed by atoms with E-state index in [1.165, 1.54) is 77.0 Å². The van der Waals surface area contributed by atoms with E-state index in [1.807, 2.05) is 0 Å². The first-order valence-electron chi connectivity index (χ1n) is 15.7. The summed E-state index contributed by atoms with van der Waals surface area (Å²) in [5.74, 6) is -4.07. The zero-order chi connectivity index (χ0) is 29.9. The Morgan fingerprint density at radius 1 is 0.675 bits per heavy atom. The highest BCUT2D eigenvalue weighted by Gasteiger charge is 2.24. The van der Waals surface area contributed by atoms with Gasteiger partial charge in [-0.3, -0.25) is 14.3 Å². The molecule has 0 aliphatic rings. The number of esters is 2. The highest BCUT2D eigenvalue weighted by molar-refractivity contribution is 7.86. The summed E-state index contributed by atoms with van der Waals surface area (Å²) in [4.78, 5) is 28.3. The van der Waals surface area contributed by atoms with Crippen molar-refractivity contribution in [1.29, 1.82) is 0 Å². The van der Waals surface area contributed by atoms with Crippen molar-refractivity contribution in [2.45, 2.75) is 155 Å². The van der Waals surface area contributed by atoms with Gasteiger partial charge in [-0.1, -0.05) is 129 Å². The number of carbonyl (C=O) groups is 2. The lowest BCUT2D eigenvalue weighted by Gasteiger charge is -2.16. The Hall–Kier alpha value is -1.68. The van der Waals surface area contributed by atoms with E-state index >= 15 is 0 Å². The summed E-state index contributed by atoms with van der Waals surface area (Å²) in [6, 6.07) is -1.50. The molecule has 0 fully saturated rings. The fourth-order valence-electron chi connectivity index (χ4n) is 4.40. The van der Waals surface area contributed by atoms with Crippen LogP contribution in [0.15, 0.2) is 4.99 Å². The maximum absolute atomic E-state index is 12.5. The van der Waals surface area contributed by atoms with Crippen LogP contribution in [0.1, 0.15) is 149 Å². The van der Waals surface area contributed by atoms with Gasteiger partial charge in [0.15, 0.2) is 6.04 Å². The van der Waals surface area contributed by atoms with E-state index in [4.69, 9.17) is 14.0 Å². The summed E-state index contributed by atoms with van der Waals surface area (Å²) in [7, 11) is -4.61. The SMILES string of the molecule is CCCCCCCCCCCCOC(=O)C[C@H](N=C([O-])CS(=O)(=O)O)C(=O)OCCCCCCCCCCCC. The average molecular weight is 591 g/mol. The number of aliphatic imine (C=N–C) groups is 1. The quantitative estimate of drug-likeness (QED) is 0.0367. The van der Waals surface area contributed by atoms with E-state index in [0.717, 1.165) is 38.5 Å². The van der Waals surface area contributed by atoms with E-state index in [9.17, 15) is 23.1 Å². The molecule has 0 aromatic carbocycles. The second-order valence-corrected chi connectivity index (χ2v) is 12.2. The number of rotatable bonds is 28. The molecular formula is C30H56NO8S-. The van der Waals surface area contributed by atoms with Gasteiger partial charge in [-0.05, 0) is 18.7 Å². The summed E-state index contributed by atoms with van der Waals surface area (Å²) >= 11 is 0. The molecule has 1 atom stereocenters. The van der Waals surface area contributed by atoms with E-state index in [-0.39, 0.29) is 13.2 Å². The van der Waals surface area contributed by atoms with Crippen LogP contribution in [0, 0.1) is 0 Å². The third-order valence-corrected chi connectivity index (χ3v) is 7.35. The van der Waals surface area contributed by atoms with E-state index in [0.29, 0.717) is 12.8 Å². The minimum Gasteiger partial charge on any atom is -0.861 e. The highest BCUT2D eigenvalue weighted by atomic mass is 32.2. The molecule has 0 aliphatic heterocycles. The van der Waals surface area contributed by atoms with Crippen LogP contribution in [-0.2, 0) is 29.2 Å². The van der Waals surface area contributed by atoms with Gasteiger partial charge in [-0.2, -0.15) is 8.42 Å². The number of hydrogen-bond donors (Lipinski definition) is 1. The van der Waals surface area contributed by atoms with Gasteiger partial charge in [0.1, 0.15) is 5.75 Å². The first-order valence-corrected chi connectivity index (χ1v) is 17.3. The van der Waals surface area contributed by atoms with Crippen molar-refractivity contribution in [2.75, 3.05) is 19.0 Å². The largest absolute Gasteiger partial charge is 0.861 e. The lowest BCUT2D eigenvalue weighted by molar-refractivity contribution is -0.216. The number of nitrogens with zero attached hydrogens (tertiary/aromatic N) is 1. The molecule has 0 unspecified atom stereocenters. The monoisotopic (exact) mass is 590 g/mol. The molecule has 10 heteroatoms. The molecule has 0 saturated heterocycles. The summed E-state index contributed by atoms with van der Waals surface area (Å²) in [5, 5.41) is 11.9. The summed E-state index contributed by atoms with van der Waals surface area (Å²) in [6.45, 7) is 4.74. The molecule has 0 rings (SSSR count). The molecule has 40 heavy (non-hydrogen) atoms. The fourth-order valence-corrected chi connectivity index (χ4v) is 4.79. The lowest BCUT2D eigenvalue weighted by Crippen LogP contribution is -2.33. The van der Waals surface area contributed by atoms with E-state index in [1.54, 1.807) is 0 Å². The van der Waals surface area contributed by atoms with Crippen LogP contribution in [0.5, 0.6) is 0 Å². The number of hydrogen-bond acceptors (Lipinski definition) is 8. The smallest absolute Gasteiger partial charge is 0.331 e. The molecule has 0 heterocycles. The minimum atomic E-state index is -4.61. The normalized spacial score (nSPS) is 12.8. The molecule has 0 aliphatic carbocycles. The van der Waals surface area contributed by atoms with Crippen molar-refractivity contribution in [1.82, 2.24) is 0 Å². The van der Waals surface area contributed by atoms with E-state index in [2.05, 4.69) is 18.8 Å². The first kappa shape index (κ1) is 38.3. The van der Waals surface area contributed by atoms with Crippen LogP contribution < -0.4 is 5.11 Å². The van der Waals surface area contributed by atoms with Crippen molar-refractivity contribution >= 4 is 28.0 Å². The van der Waals surface area contributed by atoms with Crippen molar-refractivity contribution in [3.8, 4) is 0 Å². The summed E-state index contributed by atoms with van der Waals surface area (Å²) < 4.78 is 41.3. The van der Waals surface area contributed by atoms with Gasteiger partial charge in [-0.15, -0.1) is 0 Å². The van der Waals surface area contributed by atoms with Crippen LogP contribution in [0.2, 0.25) is 0 Å². The van der Waals surface area contributed by atoms with E-state index < -0.39 is 46.2 Å². The van der Waals surface area contributed by atoms with Gasteiger partial charge in [0, 0.05) is 0 Å². The predicted octanol–water partition coefficient (Wildman–Crippen LogP) is 6.32. The van der Waals surface area contributed by atoms with Crippen LogP contribution in [0.4, 0.5) is 0 Å². The second-order valence-electron chi connectivity index (χ2n) is 10.7. The molecule has 9 nitrogen and oxygen atoms in total. The Morgan fingerprint density at radius 2 is 1.05 bits per heavy atom. The maximum Gasteiger partial charge on any atom is 0.331 e. The van der Waals surface area contributed by atoms with Gasteiger partial charge in [0.05, 0.1) is 19.6 Å². The molecule has 0 bridgehead atoms. The molecular weight excluding hydrogens is 534 g/mol. The lowest BCUT2D eigenvalue weighted by atomic mass is 10.1. The van der Waals surface area contributed by atoms with Crippen LogP contribution in [-0.4, -0.2) is 55.8 Å². The van der Waals surface area contributed by atoms with Crippen molar-refractivity contribution in [3.63, 3.8) is 0 Å². The molecule has 236 valence electrons. The molecule has 0 amide bonds. The Labute approximate surface area is 243 Å². The fraction of sp³-hybridized carbons (Fsp3) is 0.900. The molecule has 0 aromatic heterocycles. The molecule has 0 aromatic rings. The topological polar surface area (TPSA) is 142 Å². The van der Waals surface area contributed by atoms with Crippen molar-refractivity contribution in [3.05, 3.63) is 0 Å². The number of carbonyl (C=O) groups excluding carboxylic acids is 2. The van der Waals surface area contributed by atoms with Gasteiger partial charge in [-0.25, -0.2) is 4.79 Å². The Bertz CT molecular complexity index is 770. The Kier molecular flexibility index (Phi) is 25.1. The Morgan fingerprint density at radius 3 is 1.45 bits per heavy atom. The number of ether oxygens (including phenoxy) is 2. The van der Waals surface area contributed by atoms with Crippen LogP contribution in [0.25, 0.3) is 0 Å². The minimum absolute atomic E-state index is 0.126. The third kappa shape index (κ3) is 26.5. The van der Waals surface area contributed by atoms with Gasteiger partial charge in [0.2, 0.25) is 0 Å². The molecule has 0 saturated carbocycles. The van der Waals surface area contributed by atoms with Crippen LogP contribution >= 0.6 is 0 Å². The third-order valence-electron chi connectivity index (χ3n) is 6.74.